The highest BCUT2D eigenvalue weighted by molar-refractivity contribution is 7.46. The number of hydrogen-bond donors (Lipinski definition) is 9. The molecule has 18 heteroatoms. The van der Waals surface area contributed by atoms with Crippen molar-refractivity contribution in [2.45, 2.75) is 115 Å². The molecule has 1 aromatic carbocycles. The standard InChI is InChI=1S/C34H54N7O10P/c1-22(2)17-26(38-29(43)16-12-7-5-4-6-9-13-24-14-10-8-11-15-24)32(45)39-27(18-25-19-36-21-37-25)33(46)40-28(20-42)34(47)41-30(31(35)44)23(3)51-52(48,49)50/h8,10-11,14-15,19,21-23,26-28,30,42H,4-7,9,12-13,16-18,20H2,1-3H3,(H2,35,44)(H,36,37)(H,38,43)(H,39,45)(H,40,46)(H,41,47)(H2,48,49,50)/t23?,26-,27-,28-,30-/m0/s1. The monoisotopic (exact) mass is 751 g/mol. The first kappa shape index (κ1) is 44.0. The van der Waals surface area contributed by atoms with Crippen LogP contribution < -0.4 is 27.0 Å². The number of aryl methyl sites for hydroxylation is 1. The second-order valence-electron chi connectivity index (χ2n) is 13.1. The summed E-state index contributed by atoms with van der Waals surface area (Å²) in [6.45, 7) is 3.89. The Morgan fingerprint density at radius 3 is 2.02 bits per heavy atom. The Morgan fingerprint density at radius 1 is 0.846 bits per heavy atom. The highest BCUT2D eigenvalue weighted by atomic mass is 31.2. The predicted molar refractivity (Wildman–Crippen MR) is 191 cm³/mol. The Kier molecular flexibility index (Phi) is 19.2. The van der Waals surface area contributed by atoms with E-state index in [0.717, 1.165) is 45.4 Å². The summed E-state index contributed by atoms with van der Waals surface area (Å²) >= 11 is 0. The van der Waals surface area contributed by atoms with Crippen LogP contribution in [-0.4, -0.2) is 91.3 Å². The summed E-state index contributed by atoms with van der Waals surface area (Å²) in [4.78, 5) is 89.7. The number of carbonyl (C=O) groups excluding carboxylic acids is 5. The minimum absolute atomic E-state index is 0.00410. The normalized spacial score (nSPS) is 14.4. The molecule has 0 aliphatic carbocycles. The molecule has 0 bridgehead atoms. The van der Waals surface area contributed by atoms with E-state index < -0.39 is 68.3 Å². The van der Waals surface area contributed by atoms with Crippen molar-refractivity contribution in [2.75, 3.05) is 6.61 Å². The first-order chi connectivity index (χ1) is 24.6. The van der Waals surface area contributed by atoms with Gasteiger partial charge >= 0.3 is 7.82 Å². The van der Waals surface area contributed by atoms with E-state index in [2.05, 4.69) is 47.9 Å². The maximum Gasteiger partial charge on any atom is 0.469 e. The molecular weight excluding hydrogens is 697 g/mol. The van der Waals surface area contributed by atoms with Crippen molar-refractivity contribution in [2.24, 2.45) is 11.7 Å². The Morgan fingerprint density at radius 2 is 1.44 bits per heavy atom. The predicted octanol–water partition coefficient (Wildman–Crippen LogP) is 0.886. The third-order valence-corrected chi connectivity index (χ3v) is 8.73. The number of aromatic nitrogens is 2. The fourth-order valence-electron chi connectivity index (χ4n) is 5.45. The van der Waals surface area contributed by atoms with Crippen LogP contribution in [0.5, 0.6) is 0 Å². The number of amides is 5. The summed E-state index contributed by atoms with van der Waals surface area (Å²) in [5.74, 6) is -4.14. The van der Waals surface area contributed by atoms with Gasteiger partial charge in [-0.2, -0.15) is 0 Å². The highest BCUT2D eigenvalue weighted by Crippen LogP contribution is 2.38. The van der Waals surface area contributed by atoms with Crippen molar-refractivity contribution >= 4 is 37.4 Å². The molecule has 10 N–H and O–H groups in total. The van der Waals surface area contributed by atoms with Gasteiger partial charge in [-0.1, -0.05) is 69.9 Å². The molecule has 2 rings (SSSR count). The summed E-state index contributed by atoms with van der Waals surface area (Å²) in [7, 11) is -5.07. The van der Waals surface area contributed by atoms with E-state index in [9.17, 15) is 33.6 Å². The Labute approximate surface area is 303 Å². The molecule has 0 spiro atoms. The third-order valence-electron chi connectivity index (χ3n) is 8.13. The molecule has 0 saturated heterocycles. The number of rotatable bonds is 25. The summed E-state index contributed by atoms with van der Waals surface area (Å²) < 4.78 is 15.7. The molecule has 5 amide bonds. The number of aliphatic hydroxyl groups is 1. The minimum Gasteiger partial charge on any atom is -0.394 e. The van der Waals surface area contributed by atoms with Gasteiger partial charge < -0.3 is 46.9 Å². The Hall–Kier alpha value is -4.15. The molecule has 0 saturated carbocycles. The van der Waals surface area contributed by atoms with Crippen LogP contribution in [0, 0.1) is 5.92 Å². The SMILES string of the molecule is CC(C)C[C@H](NC(=O)CCCCCCCCc1ccccc1)C(=O)N[C@@H](Cc1cnc[nH]1)C(=O)N[C@@H](CO)C(=O)N[C@H](C(N)=O)C(C)OP(=O)(O)O. The number of primary amides is 1. The van der Waals surface area contributed by atoms with E-state index in [1.165, 1.54) is 18.1 Å². The maximum atomic E-state index is 13.5. The number of phosphoric ester groups is 1. The van der Waals surface area contributed by atoms with Gasteiger partial charge in [0.05, 0.1) is 19.0 Å². The summed E-state index contributed by atoms with van der Waals surface area (Å²) in [5, 5.41) is 19.8. The van der Waals surface area contributed by atoms with Crippen LogP contribution >= 0.6 is 7.82 Å². The number of nitrogens with two attached hydrogens (primary N) is 1. The van der Waals surface area contributed by atoms with Gasteiger partial charge in [-0.05, 0) is 44.1 Å². The second-order valence-corrected chi connectivity index (χ2v) is 14.3. The molecule has 2 aromatic rings. The van der Waals surface area contributed by atoms with E-state index in [-0.39, 0.29) is 31.1 Å². The smallest absolute Gasteiger partial charge is 0.394 e. The fourth-order valence-corrected chi connectivity index (χ4v) is 6.01. The fraction of sp³-hybridized carbons (Fsp3) is 0.588. The van der Waals surface area contributed by atoms with Crippen molar-refractivity contribution < 1.29 is 48.0 Å². The molecule has 0 radical (unpaired) electrons. The van der Waals surface area contributed by atoms with Gasteiger partial charge in [0.25, 0.3) is 0 Å². The molecule has 5 atom stereocenters. The largest absolute Gasteiger partial charge is 0.469 e. The molecule has 52 heavy (non-hydrogen) atoms. The highest BCUT2D eigenvalue weighted by Gasteiger charge is 2.35. The maximum absolute atomic E-state index is 13.5. The first-order valence-electron chi connectivity index (χ1n) is 17.4. The van der Waals surface area contributed by atoms with Crippen LogP contribution in [0.15, 0.2) is 42.9 Å². The minimum atomic E-state index is -5.07. The number of aliphatic hydroxyl groups excluding tert-OH is 1. The van der Waals surface area contributed by atoms with E-state index in [1.54, 1.807) is 0 Å². The molecular formula is C34H54N7O10P. The lowest BCUT2D eigenvalue weighted by Gasteiger charge is -2.27. The van der Waals surface area contributed by atoms with E-state index in [4.69, 9.17) is 15.5 Å². The van der Waals surface area contributed by atoms with Gasteiger partial charge in [-0.15, -0.1) is 0 Å². The summed E-state index contributed by atoms with van der Waals surface area (Å²) in [6, 6.07) is 4.64. The number of phosphoric acid groups is 1. The van der Waals surface area contributed by atoms with Crippen molar-refractivity contribution in [1.29, 1.82) is 0 Å². The van der Waals surface area contributed by atoms with Crippen LogP contribution in [0.4, 0.5) is 0 Å². The van der Waals surface area contributed by atoms with Gasteiger partial charge in [0.2, 0.25) is 29.5 Å². The number of carbonyl (C=O) groups is 5. The van der Waals surface area contributed by atoms with E-state index in [1.807, 2.05) is 32.0 Å². The Bertz CT molecular complexity index is 1460. The molecule has 1 aromatic heterocycles. The number of nitrogens with one attached hydrogen (secondary N) is 5. The van der Waals surface area contributed by atoms with Gasteiger partial charge in [0.1, 0.15) is 24.2 Å². The number of aromatic amines is 1. The number of unbranched alkanes of at least 4 members (excludes halogenated alkanes) is 5. The molecule has 17 nitrogen and oxygen atoms in total. The van der Waals surface area contributed by atoms with Crippen LogP contribution in [0.1, 0.15) is 83.4 Å². The number of nitrogens with zero attached hydrogens (tertiary/aromatic N) is 1. The number of benzene rings is 1. The van der Waals surface area contributed by atoms with E-state index in [0.29, 0.717) is 12.1 Å². The quantitative estimate of drug-likeness (QED) is 0.0508. The van der Waals surface area contributed by atoms with Gasteiger partial charge in [0, 0.05) is 24.7 Å². The van der Waals surface area contributed by atoms with Crippen molar-refractivity contribution in [3.05, 3.63) is 54.1 Å². The molecule has 290 valence electrons. The second kappa shape index (κ2) is 22.7. The number of imidazole rings is 1. The lowest BCUT2D eigenvalue weighted by atomic mass is 10.0. The number of H-pyrrole nitrogens is 1. The average Bonchev–Trinajstić information content (AvgIpc) is 3.59. The van der Waals surface area contributed by atoms with Crippen LogP contribution in [-0.2, 0) is 45.9 Å². The number of hydrogen-bond acceptors (Lipinski definition) is 9. The van der Waals surface area contributed by atoms with Gasteiger partial charge in [-0.3, -0.25) is 28.5 Å². The molecule has 0 aliphatic rings. The van der Waals surface area contributed by atoms with Gasteiger partial charge in [-0.25, -0.2) is 9.55 Å². The van der Waals surface area contributed by atoms with Crippen LogP contribution in [0.2, 0.25) is 0 Å². The lowest BCUT2D eigenvalue weighted by Crippen LogP contribution is -2.60. The zero-order valence-electron chi connectivity index (χ0n) is 30.0. The average molecular weight is 752 g/mol. The molecule has 1 unspecified atom stereocenters. The lowest BCUT2D eigenvalue weighted by molar-refractivity contribution is -0.135. The zero-order chi connectivity index (χ0) is 38.7. The molecule has 0 aliphatic heterocycles. The topological polar surface area (TPSA) is 275 Å². The van der Waals surface area contributed by atoms with Crippen LogP contribution in [0.25, 0.3) is 0 Å². The molecule has 1 heterocycles. The van der Waals surface area contributed by atoms with Crippen molar-refractivity contribution in [1.82, 2.24) is 31.2 Å². The summed E-state index contributed by atoms with van der Waals surface area (Å²) in [5.41, 5.74) is 7.05. The summed E-state index contributed by atoms with van der Waals surface area (Å²) in [6.07, 6.45) is 8.50. The third kappa shape index (κ3) is 17.4. The van der Waals surface area contributed by atoms with Crippen molar-refractivity contribution in [3.63, 3.8) is 0 Å². The Balaban J connectivity index is 2.00. The first-order valence-corrected chi connectivity index (χ1v) is 19.0. The van der Waals surface area contributed by atoms with Crippen molar-refractivity contribution in [3.8, 4) is 0 Å². The van der Waals surface area contributed by atoms with E-state index >= 15 is 0 Å². The zero-order valence-corrected chi connectivity index (χ0v) is 30.8. The molecule has 0 fully saturated rings. The van der Waals surface area contributed by atoms with Gasteiger partial charge in [0.15, 0.2) is 0 Å². The van der Waals surface area contributed by atoms with Crippen LogP contribution in [0.3, 0.4) is 0 Å².